The van der Waals surface area contributed by atoms with Gasteiger partial charge in [0.05, 0.1) is 12.0 Å². The van der Waals surface area contributed by atoms with Crippen molar-refractivity contribution in [1.29, 1.82) is 5.26 Å². The number of nitrogens with one attached hydrogen (secondary N) is 1. The topological polar surface area (TPSA) is 35.8 Å². The molecule has 1 aromatic carbocycles. The number of rotatable bonds is 0. The van der Waals surface area contributed by atoms with Crippen LogP contribution in [0.5, 0.6) is 0 Å². The average Bonchev–Trinajstić information content (AvgIpc) is 2.55. The largest absolute Gasteiger partial charge is 0.384 e. The Labute approximate surface area is 77.2 Å². The standard InChI is InChI=1S/C11H10N2/c12-6-9-3-8-5-11-7(1-2-13-11)4-10(8)9/h4-5,9,13H,1-3H2. The summed E-state index contributed by atoms with van der Waals surface area (Å²) in [6, 6.07) is 6.75. The zero-order valence-corrected chi connectivity index (χ0v) is 7.30. The molecule has 1 aromatic rings. The Hall–Kier alpha value is -1.49. The van der Waals surface area contributed by atoms with Gasteiger partial charge in [0.1, 0.15) is 0 Å². The van der Waals surface area contributed by atoms with E-state index < -0.39 is 0 Å². The molecular formula is C11H10N2. The van der Waals surface area contributed by atoms with Crippen LogP contribution in [0.25, 0.3) is 0 Å². The molecule has 2 nitrogen and oxygen atoms in total. The van der Waals surface area contributed by atoms with Crippen LogP contribution >= 0.6 is 0 Å². The molecule has 3 rings (SSSR count). The highest BCUT2D eigenvalue weighted by molar-refractivity contribution is 5.62. The van der Waals surface area contributed by atoms with Crippen molar-refractivity contribution >= 4 is 5.69 Å². The third kappa shape index (κ3) is 0.818. The fourth-order valence-corrected chi connectivity index (χ4v) is 2.23. The smallest absolute Gasteiger partial charge is 0.0755 e. The average molecular weight is 170 g/mol. The molecule has 1 aliphatic heterocycles. The van der Waals surface area contributed by atoms with Gasteiger partial charge in [-0.2, -0.15) is 5.26 Å². The Balaban J connectivity index is 2.12. The van der Waals surface area contributed by atoms with E-state index >= 15 is 0 Å². The fraction of sp³-hybridized carbons (Fsp3) is 0.364. The summed E-state index contributed by atoms with van der Waals surface area (Å²) in [6.45, 7) is 1.05. The molecule has 1 aliphatic carbocycles. The summed E-state index contributed by atoms with van der Waals surface area (Å²) in [5.41, 5.74) is 5.30. The van der Waals surface area contributed by atoms with Crippen molar-refractivity contribution in [2.24, 2.45) is 0 Å². The summed E-state index contributed by atoms with van der Waals surface area (Å²) < 4.78 is 0. The third-order valence-corrected chi connectivity index (χ3v) is 3.03. The minimum Gasteiger partial charge on any atom is -0.384 e. The minimum atomic E-state index is 0.167. The Morgan fingerprint density at radius 3 is 3.15 bits per heavy atom. The fourth-order valence-electron chi connectivity index (χ4n) is 2.23. The summed E-state index contributed by atoms with van der Waals surface area (Å²) in [6.07, 6.45) is 2.06. The van der Waals surface area contributed by atoms with Crippen LogP contribution in [0.3, 0.4) is 0 Å². The third-order valence-electron chi connectivity index (χ3n) is 3.03. The number of anilines is 1. The van der Waals surface area contributed by atoms with Crippen molar-refractivity contribution in [2.45, 2.75) is 18.8 Å². The molecule has 64 valence electrons. The highest BCUT2D eigenvalue weighted by atomic mass is 14.9. The lowest BCUT2D eigenvalue weighted by molar-refractivity contribution is 0.744. The first-order valence-corrected chi connectivity index (χ1v) is 4.67. The van der Waals surface area contributed by atoms with Gasteiger partial charge in [0.2, 0.25) is 0 Å². The zero-order chi connectivity index (χ0) is 8.84. The second-order valence-corrected chi connectivity index (χ2v) is 3.77. The summed E-state index contributed by atoms with van der Waals surface area (Å²) in [7, 11) is 0. The van der Waals surface area contributed by atoms with Crippen LogP contribution in [0.4, 0.5) is 5.69 Å². The van der Waals surface area contributed by atoms with Crippen LogP contribution in [0.2, 0.25) is 0 Å². The Bertz CT molecular complexity index is 415. The molecule has 0 spiro atoms. The Kier molecular flexibility index (Phi) is 1.21. The van der Waals surface area contributed by atoms with Gasteiger partial charge in [-0.15, -0.1) is 0 Å². The van der Waals surface area contributed by atoms with Crippen LogP contribution < -0.4 is 5.32 Å². The van der Waals surface area contributed by atoms with E-state index in [2.05, 4.69) is 23.5 Å². The van der Waals surface area contributed by atoms with E-state index in [0.717, 1.165) is 19.4 Å². The Morgan fingerprint density at radius 1 is 1.38 bits per heavy atom. The second kappa shape index (κ2) is 2.26. The molecule has 1 atom stereocenters. The highest BCUT2D eigenvalue weighted by Gasteiger charge is 2.28. The van der Waals surface area contributed by atoms with Gasteiger partial charge in [0.25, 0.3) is 0 Å². The molecule has 2 heteroatoms. The normalized spacial score (nSPS) is 22.2. The molecule has 0 saturated carbocycles. The summed E-state index contributed by atoms with van der Waals surface area (Å²) in [5, 5.41) is 12.2. The number of nitriles is 1. The van der Waals surface area contributed by atoms with E-state index in [9.17, 15) is 0 Å². The molecule has 0 saturated heterocycles. The molecule has 0 bridgehead atoms. The first kappa shape index (κ1) is 6.97. The molecule has 13 heavy (non-hydrogen) atoms. The molecule has 0 aromatic heterocycles. The van der Waals surface area contributed by atoms with Crippen LogP contribution in [-0.4, -0.2) is 6.54 Å². The van der Waals surface area contributed by atoms with E-state index in [0.29, 0.717) is 0 Å². The van der Waals surface area contributed by atoms with Gasteiger partial charge in [0, 0.05) is 12.2 Å². The quantitative estimate of drug-likeness (QED) is 0.644. The second-order valence-electron chi connectivity index (χ2n) is 3.77. The number of fused-ring (bicyclic) bond motifs is 2. The molecule has 1 heterocycles. The molecule has 1 unspecified atom stereocenters. The van der Waals surface area contributed by atoms with E-state index in [1.54, 1.807) is 0 Å². The number of hydrogen-bond acceptors (Lipinski definition) is 2. The van der Waals surface area contributed by atoms with Crippen LogP contribution in [0, 0.1) is 11.3 Å². The SMILES string of the molecule is N#CC1Cc2cc3c(cc21)CCN3. The van der Waals surface area contributed by atoms with E-state index in [1.807, 2.05) is 0 Å². The Morgan fingerprint density at radius 2 is 2.31 bits per heavy atom. The zero-order valence-electron chi connectivity index (χ0n) is 7.30. The first-order valence-electron chi connectivity index (χ1n) is 4.67. The van der Waals surface area contributed by atoms with Gasteiger partial charge < -0.3 is 5.32 Å². The van der Waals surface area contributed by atoms with Crippen molar-refractivity contribution in [2.75, 3.05) is 11.9 Å². The molecule has 0 radical (unpaired) electrons. The minimum absolute atomic E-state index is 0.167. The number of benzene rings is 1. The van der Waals surface area contributed by atoms with E-state index in [-0.39, 0.29) is 5.92 Å². The summed E-state index contributed by atoms with van der Waals surface area (Å²) >= 11 is 0. The first-order chi connectivity index (χ1) is 6.38. The van der Waals surface area contributed by atoms with Gasteiger partial charge in [-0.05, 0) is 35.6 Å². The van der Waals surface area contributed by atoms with Crippen molar-refractivity contribution < 1.29 is 0 Å². The maximum absolute atomic E-state index is 8.82. The lowest BCUT2D eigenvalue weighted by Crippen LogP contribution is -2.15. The van der Waals surface area contributed by atoms with Crippen molar-refractivity contribution in [3.63, 3.8) is 0 Å². The number of nitrogens with zero attached hydrogens (tertiary/aromatic N) is 1. The number of hydrogen-bond donors (Lipinski definition) is 1. The van der Waals surface area contributed by atoms with Gasteiger partial charge in [-0.3, -0.25) is 0 Å². The molecule has 2 aliphatic rings. The van der Waals surface area contributed by atoms with Gasteiger partial charge >= 0.3 is 0 Å². The van der Waals surface area contributed by atoms with Crippen molar-refractivity contribution in [1.82, 2.24) is 0 Å². The van der Waals surface area contributed by atoms with Crippen LogP contribution in [0.15, 0.2) is 12.1 Å². The van der Waals surface area contributed by atoms with Gasteiger partial charge in [0.15, 0.2) is 0 Å². The molecular weight excluding hydrogens is 160 g/mol. The molecule has 0 amide bonds. The van der Waals surface area contributed by atoms with Crippen LogP contribution in [0.1, 0.15) is 22.6 Å². The highest BCUT2D eigenvalue weighted by Crippen LogP contribution is 2.39. The van der Waals surface area contributed by atoms with E-state index in [4.69, 9.17) is 5.26 Å². The molecule has 0 fully saturated rings. The molecule has 1 N–H and O–H groups in total. The van der Waals surface area contributed by atoms with Crippen molar-refractivity contribution in [3.05, 3.63) is 28.8 Å². The van der Waals surface area contributed by atoms with Gasteiger partial charge in [-0.1, -0.05) is 6.07 Å². The lowest BCUT2D eigenvalue weighted by atomic mass is 9.77. The monoisotopic (exact) mass is 170 g/mol. The lowest BCUT2D eigenvalue weighted by Gasteiger charge is -2.25. The predicted octanol–water partition coefficient (Wildman–Crippen LogP) is 1.82. The van der Waals surface area contributed by atoms with E-state index in [1.165, 1.54) is 22.4 Å². The predicted molar refractivity (Wildman–Crippen MR) is 50.7 cm³/mol. The maximum atomic E-state index is 8.82. The maximum Gasteiger partial charge on any atom is 0.0755 e. The van der Waals surface area contributed by atoms with Crippen LogP contribution in [-0.2, 0) is 12.8 Å². The summed E-state index contributed by atoms with van der Waals surface area (Å²) in [4.78, 5) is 0. The van der Waals surface area contributed by atoms with Crippen molar-refractivity contribution in [3.8, 4) is 6.07 Å². The summed E-state index contributed by atoms with van der Waals surface area (Å²) in [5.74, 6) is 0.167. The van der Waals surface area contributed by atoms with Gasteiger partial charge in [-0.25, -0.2) is 0 Å².